The molecule has 6 nitrogen and oxygen atoms in total. The summed E-state index contributed by atoms with van der Waals surface area (Å²) in [7, 11) is 0. The van der Waals surface area contributed by atoms with Gasteiger partial charge in [0, 0.05) is 19.9 Å². The van der Waals surface area contributed by atoms with E-state index >= 15 is 0 Å². The van der Waals surface area contributed by atoms with Gasteiger partial charge in [0.2, 0.25) is 0 Å². The number of carbonyl (C=O) groups is 3. The van der Waals surface area contributed by atoms with E-state index in [1.807, 2.05) is 48.5 Å². The fourth-order valence-corrected chi connectivity index (χ4v) is 3.71. The number of benzene rings is 3. The third-order valence-corrected chi connectivity index (χ3v) is 5.14. The van der Waals surface area contributed by atoms with Crippen LogP contribution in [0.5, 0.6) is 11.5 Å². The van der Waals surface area contributed by atoms with Crippen LogP contribution < -0.4 is 9.47 Å². The molecule has 0 bridgehead atoms. The van der Waals surface area contributed by atoms with E-state index in [4.69, 9.17) is 14.6 Å². The highest BCUT2D eigenvalue weighted by molar-refractivity contribution is 5.99. The summed E-state index contributed by atoms with van der Waals surface area (Å²) < 4.78 is 10.4. The van der Waals surface area contributed by atoms with Crippen molar-refractivity contribution in [1.82, 2.24) is 0 Å². The molecule has 35 heavy (non-hydrogen) atoms. The lowest BCUT2D eigenvalue weighted by atomic mass is 9.88. The second kappa shape index (κ2) is 11.6. The molecule has 0 amide bonds. The standard InChI is InChI=1S/C29H26O6/c1-4-27(22-8-5-21(6-9-22)7-18-28(32)33)29(23-10-14-25(15-11-23)34-19(2)30)24-12-16-26(17-13-24)35-20(3)31/h5-18H,4H2,1-3H3,(H,32,33)/b18-7+. The Bertz CT molecular complexity index is 1200. The molecule has 0 saturated carbocycles. The van der Waals surface area contributed by atoms with E-state index in [-0.39, 0.29) is 11.9 Å². The maximum Gasteiger partial charge on any atom is 0.328 e. The average Bonchev–Trinajstić information content (AvgIpc) is 2.82. The maximum absolute atomic E-state index is 11.3. The van der Waals surface area contributed by atoms with Gasteiger partial charge < -0.3 is 14.6 Å². The van der Waals surface area contributed by atoms with Crippen molar-refractivity contribution in [3.63, 3.8) is 0 Å². The number of esters is 2. The molecule has 6 heteroatoms. The summed E-state index contributed by atoms with van der Waals surface area (Å²) in [5.41, 5.74) is 5.66. The van der Waals surface area contributed by atoms with Crippen LogP contribution in [0.3, 0.4) is 0 Å². The number of rotatable bonds is 8. The van der Waals surface area contributed by atoms with Gasteiger partial charge >= 0.3 is 17.9 Å². The van der Waals surface area contributed by atoms with Crippen molar-refractivity contribution in [1.29, 1.82) is 0 Å². The van der Waals surface area contributed by atoms with Crippen LogP contribution in [0.15, 0.2) is 78.9 Å². The second-order valence-corrected chi connectivity index (χ2v) is 7.74. The predicted octanol–water partition coefficient (Wildman–Crippen LogP) is 6.00. The summed E-state index contributed by atoms with van der Waals surface area (Å²) in [5, 5.41) is 8.87. The molecule has 0 unspecified atom stereocenters. The van der Waals surface area contributed by atoms with Crippen LogP contribution in [0.1, 0.15) is 49.4 Å². The first-order valence-corrected chi connectivity index (χ1v) is 11.1. The minimum Gasteiger partial charge on any atom is -0.478 e. The first kappa shape index (κ1) is 25.2. The summed E-state index contributed by atoms with van der Waals surface area (Å²) in [6.07, 6.45) is 3.37. The SMILES string of the molecule is CCC(=C(c1ccc(OC(C)=O)cc1)c1ccc(OC(C)=O)cc1)c1ccc(/C=C/C(=O)O)cc1. The number of aliphatic carboxylic acids is 1. The van der Waals surface area contributed by atoms with Crippen molar-refractivity contribution in [2.45, 2.75) is 27.2 Å². The van der Waals surface area contributed by atoms with Gasteiger partial charge in [0.25, 0.3) is 0 Å². The lowest BCUT2D eigenvalue weighted by molar-refractivity contribution is -0.132. The van der Waals surface area contributed by atoms with Crippen molar-refractivity contribution in [2.24, 2.45) is 0 Å². The molecule has 0 fully saturated rings. The molecule has 0 spiro atoms. The highest BCUT2D eigenvalue weighted by Gasteiger charge is 2.14. The number of carboxylic acid groups (broad SMARTS) is 1. The quantitative estimate of drug-likeness (QED) is 0.188. The molecule has 1 N–H and O–H groups in total. The Kier molecular flexibility index (Phi) is 8.35. The van der Waals surface area contributed by atoms with Gasteiger partial charge in [-0.3, -0.25) is 9.59 Å². The Morgan fingerprint density at radius 1 is 0.714 bits per heavy atom. The topological polar surface area (TPSA) is 89.9 Å². The minimum absolute atomic E-state index is 0.388. The number of hydrogen-bond donors (Lipinski definition) is 1. The minimum atomic E-state index is -1.00. The van der Waals surface area contributed by atoms with Gasteiger partial charge in [-0.05, 0) is 70.2 Å². The number of hydrogen-bond acceptors (Lipinski definition) is 5. The summed E-state index contributed by atoms with van der Waals surface area (Å²) in [6, 6.07) is 22.2. The molecule has 0 atom stereocenters. The average molecular weight is 471 g/mol. The predicted molar refractivity (Wildman–Crippen MR) is 135 cm³/mol. The van der Waals surface area contributed by atoms with E-state index in [2.05, 4.69) is 6.92 Å². The Hall–Kier alpha value is -4.45. The molecular formula is C29H26O6. The summed E-state index contributed by atoms with van der Waals surface area (Å²) in [5.74, 6) is -0.863. The third-order valence-electron chi connectivity index (χ3n) is 5.14. The molecule has 178 valence electrons. The summed E-state index contributed by atoms with van der Waals surface area (Å²) in [6.45, 7) is 4.77. The van der Waals surface area contributed by atoms with Gasteiger partial charge in [-0.15, -0.1) is 0 Å². The highest BCUT2D eigenvalue weighted by Crippen LogP contribution is 2.36. The van der Waals surface area contributed by atoms with Crippen LogP contribution in [-0.2, 0) is 14.4 Å². The molecule has 0 aliphatic heterocycles. The van der Waals surface area contributed by atoms with E-state index < -0.39 is 5.97 Å². The van der Waals surface area contributed by atoms with Crippen molar-refractivity contribution in [2.75, 3.05) is 0 Å². The van der Waals surface area contributed by atoms with Gasteiger partial charge in [-0.25, -0.2) is 4.79 Å². The van der Waals surface area contributed by atoms with Crippen LogP contribution in [0.25, 0.3) is 17.2 Å². The van der Waals surface area contributed by atoms with Crippen LogP contribution in [-0.4, -0.2) is 23.0 Å². The van der Waals surface area contributed by atoms with Crippen molar-refractivity contribution >= 4 is 35.1 Å². The third kappa shape index (κ3) is 7.01. The van der Waals surface area contributed by atoms with E-state index in [1.165, 1.54) is 13.8 Å². The number of allylic oxidation sites excluding steroid dienone is 1. The Morgan fingerprint density at radius 3 is 1.51 bits per heavy atom. The summed E-state index contributed by atoms with van der Waals surface area (Å²) >= 11 is 0. The first-order chi connectivity index (χ1) is 16.8. The molecule has 0 aliphatic rings. The smallest absolute Gasteiger partial charge is 0.328 e. The fourth-order valence-electron chi connectivity index (χ4n) is 3.71. The molecule has 0 saturated heterocycles. The van der Waals surface area contributed by atoms with Crippen molar-refractivity contribution in [3.05, 3.63) is 101 Å². The van der Waals surface area contributed by atoms with Gasteiger partial charge in [-0.1, -0.05) is 55.5 Å². The monoisotopic (exact) mass is 470 g/mol. The van der Waals surface area contributed by atoms with Gasteiger partial charge in [0.05, 0.1) is 0 Å². The van der Waals surface area contributed by atoms with Crippen LogP contribution >= 0.6 is 0 Å². The zero-order valence-electron chi connectivity index (χ0n) is 19.8. The van der Waals surface area contributed by atoms with Gasteiger partial charge in [0.1, 0.15) is 11.5 Å². The molecule has 3 aromatic rings. The fraction of sp³-hybridized carbons (Fsp3) is 0.138. The van der Waals surface area contributed by atoms with E-state index in [0.29, 0.717) is 11.5 Å². The van der Waals surface area contributed by atoms with E-state index in [9.17, 15) is 14.4 Å². The molecule has 3 aromatic carbocycles. The summed E-state index contributed by atoms with van der Waals surface area (Å²) in [4.78, 5) is 33.4. The van der Waals surface area contributed by atoms with E-state index in [1.54, 1.807) is 30.3 Å². The molecule has 0 aliphatic carbocycles. The van der Waals surface area contributed by atoms with Gasteiger partial charge in [-0.2, -0.15) is 0 Å². The Labute approximate surface area is 204 Å². The zero-order chi connectivity index (χ0) is 25.4. The van der Waals surface area contributed by atoms with Crippen LogP contribution in [0, 0.1) is 0 Å². The number of carbonyl (C=O) groups excluding carboxylic acids is 2. The molecule has 0 heterocycles. The molecular weight excluding hydrogens is 444 g/mol. The largest absolute Gasteiger partial charge is 0.478 e. The molecule has 3 rings (SSSR count). The first-order valence-electron chi connectivity index (χ1n) is 11.1. The van der Waals surface area contributed by atoms with E-state index in [0.717, 1.165) is 45.9 Å². The number of ether oxygens (including phenoxy) is 2. The number of carboxylic acids is 1. The Balaban J connectivity index is 2.12. The van der Waals surface area contributed by atoms with Crippen LogP contribution in [0.4, 0.5) is 0 Å². The van der Waals surface area contributed by atoms with Crippen molar-refractivity contribution < 1.29 is 29.0 Å². The highest BCUT2D eigenvalue weighted by atomic mass is 16.5. The maximum atomic E-state index is 11.3. The molecule has 0 aromatic heterocycles. The Morgan fingerprint density at radius 2 is 1.14 bits per heavy atom. The van der Waals surface area contributed by atoms with Crippen molar-refractivity contribution in [3.8, 4) is 11.5 Å². The zero-order valence-corrected chi connectivity index (χ0v) is 19.8. The second-order valence-electron chi connectivity index (χ2n) is 7.74. The van der Waals surface area contributed by atoms with Crippen LogP contribution in [0.2, 0.25) is 0 Å². The van der Waals surface area contributed by atoms with Gasteiger partial charge in [0.15, 0.2) is 0 Å². The normalized spacial score (nSPS) is 10.6. The lowest BCUT2D eigenvalue weighted by Gasteiger charge is -2.17. The molecule has 0 radical (unpaired) electrons. The lowest BCUT2D eigenvalue weighted by Crippen LogP contribution is -2.02.